The van der Waals surface area contributed by atoms with Crippen molar-refractivity contribution in [2.24, 2.45) is 0 Å². The standard InChI is InChI=1S/C18H9BrO4/c19-11-8-12(20)15-16(14(11)13-6-3-7-23-13)18(22)10-5-2-1-4-9(10)17(15)21/h1-8,20H. The molecule has 1 aliphatic carbocycles. The van der Waals surface area contributed by atoms with Gasteiger partial charge in [-0.15, -0.1) is 0 Å². The van der Waals surface area contributed by atoms with Gasteiger partial charge in [-0.1, -0.05) is 24.3 Å². The zero-order valence-corrected chi connectivity index (χ0v) is 13.3. The van der Waals surface area contributed by atoms with Gasteiger partial charge < -0.3 is 9.52 Å². The second-order valence-corrected chi connectivity index (χ2v) is 6.04. The quantitative estimate of drug-likeness (QED) is 0.546. The van der Waals surface area contributed by atoms with E-state index >= 15 is 0 Å². The first-order valence-corrected chi connectivity index (χ1v) is 7.66. The molecule has 0 fully saturated rings. The Kier molecular flexibility index (Phi) is 2.99. The van der Waals surface area contributed by atoms with E-state index in [1.165, 1.54) is 12.3 Å². The summed E-state index contributed by atoms with van der Waals surface area (Å²) in [4.78, 5) is 25.7. The highest BCUT2D eigenvalue weighted by Crippen LogP contribution is 2.43. The number of hydrogen-bond donors (Lipinski definition) is 1. The fraction of sp³-hybridized carbons (Fsp3) is 0. The number of halogens is 1. The third-order valence-corrected chi connectivity index (χ3v) is 4.52. The number of furan rings is 1. The SMILES string of the molecule is O=C1c2ccccc2C(=O)c2c1c(O)cc(Br)c2-c1ccco1. The number of ketones is 2. The molecule has 112 valence electrons. The summed E-state index contributed by atoms with van der Waals surface area (Å²) in [7, 11) is 0. The summed E-state index contributed by atoms with van der Waals surface area (Å²) in [6.07, 6.45) is 1.49. The molecule has 0 saturated heterocycles. The summed E-state index contributed by atoms with van der Waals surface area (Å²) in [5, 5.41) is 10.2. The first kappa shape index (κ1) is 14.0. The topological polar surface area (TPSA) is 67.5 Å². The van der Waals surface area contributed by atoms with Crippen molar-refractivity contribution < 1.29 is 19.1 Å². The highest BCUT2D eigenvalue weighted by atomic mass is 79.9. The summed E-state index contributed by atoms with van der Waals surface area (Å²) in [6.45, 7) is 0. The number of aromatic hydroxyl groups is 1. The Bertz CT molecular complexity index is 971. The normalized spacial score (nSPS) is 12.9. The van der Waals surface area contributed by atoms with Crippen molar-refractivity contribution in [3.63, 3.8) is 0 Å². The van der Waals surface area contributed by atoms with E-state index in [0.29, 0.717) is 26.9 Å². The second-order valence-electron chi connectivity index (χ2n) is 5.18. The largest absolute Gasteiger partial charge is 0.507 e. The van der Waals surface area contributed by atoms with Crippen LogP contribution in [0.1, 0.15) is 31.8 Å². The molecule has 1 aromatic heterocycles. The lowest BCUT2D eigenvalue weighted by Gasteiger charge is -2.21. The molecule has 0 spiro atoms. The van der Waals surface area contributed by atoms with Crippen LogP contribution in [0.15, 0.2) is 57.6 Å². The lowest BCUT2D eigenvalue weighted by Crippen LogP contribution is -2.22. The average Bonchev–Trinajstić information content (AvgIpc) is 3.06. The predicted octanol–water partition coefficient (Wildman–Crippen LogP) is 4.19. The number of carbonyl (C=O) groups excluding carboxylic acids is 2. The molecule has 0 saturated carbocycles. The monoisotopic (exact) mass is 368 g/mol. The van der Waals surface area contributed by atoms with Crippen LogP contribution in [0.25, 0.3) is 11.3 Å². The van der Waals surface area contributed by atoms with Crippen LogP contribution in [0.4, 0.5) is 0 Å². The summed E-state index contributed by atoms with van der Waals surface area (Å²) in [5.41, 5.74) is 1.28. The van der Waals surface area contributed by atoms with Gasteiger partial charge in [-0.2, -0.15) is 0 Å². The fourth-order valence-corrected chi connectivity index (χ4v) is 3.51. The smallest absolute Gasteiger partial charge is 0.198 e. The van der Waals surface area contributed by atoms with Crippen LogP contribution in [0.3, 0.4) is 0 Å². The maximum atomic E-state index is 12.9. The van der Waals surface area contributed by atoms with Crippen LogP contribution in [0.2, 0.25) is 0 Å². The van der Waals surface area contributed by atoms with Crippen molar-refractivity contribution in [1.29, 1.82) is 0 Å². The van der Waals surface area contributed by atoms with Gasteiger partial charge >= 0.3 is 0 Å². The molecule has 4 rings (SSSR count). The van der Waals surface area contributed by atoms with Crippen LogP contribution in [-0.2, 0) is 0 Å². The highest BCUT2D eigenvalue weighted by molar-refractivity contribution is 9.10. The Morgan fingerprint density at radius 3 is 2.13 bits per heavy atom. The molecule has 2 aromatic carbocycles. The van der Waals surface area contributed by atoms with Crippen LogP contribution < -0.4 is 0 Å². The molecule has 0 unspecified atom stereocenters. The van der Waals surface area contributed by atoms with Gasteiger partial charge in [0.15, 0.2) is 11.6 Å². The van der Waals surface area contributed by atoms with Crippen molar-refractivity contribution in [3.8, 4) is 17.1 Å². The Labute approximate surface area is 139 Å². The molecule has 1 aliphatic rings. The molecule has 0 amide bonds. The van der Waals surface area contributed by atoms with E-state index in [2.05, 4.69) is 15.9 Å². The number of carbonyl (C=O) groups is 2. The molecule has 3 aromatic rings. The number of rotatable bonds is 1. The van der Waals surface area contributed by atoms with Crippen molar-refractivity contribution in [3.05, 3.63) is 75.5 Å². The van der Waals surface area contributed by atoms with Crippen LogP contribution in [0.5, 0.6) is 5.75 Å². The van der Waals surface area contributed by atoms with Gasteiger partial charge in [0.25, 0.3) is 0 Å². The van der Waals surface area contributed by atoms with Gasteiger partial charge in [-0.3, -0.25) is 9.59 Å². The summed E-state index contributed by atoms with van der Waals surface area (Å²) in [6, 6.07) is 11.4. The van der Waals surface area contributed by atoms with E-state index in [-0.39, 0.29) is 28.4 Å². The first-order chi connectivity index (χ1) is 11.1. The van der Waals surface area contributed by atoms with Crippen LogP contribution >= 0.6 is 15.9 Å². The minimum Gasteiger partial charge on any atom is -0.507 e. The lowest BCUT2D eigenvalue weighted by atomic mass is 9.81. The van der Waals surface area contributed by atoms with E-state index < -0.39 is 0 Å². The van der Waals surface area contributed by atoms with Crippen LogP contribution in [0, 0.1) is 0 Å². The van der Waals surface area contributed by atoms with E-state index in [1.807, 2.05) is 0 Å². The highest BCUT2D eigenvalue weighted by Gasteiger charge is 2.35. The van der Waals surface area contributed by atoms with Gasteiger partial charge in [0.05, 0.1) is 11.8 Å². The summed E-state index contributed by atoms with van der Waals surface area (Å²) >= 11 is 3.35. The molecular formula is C18H9BrO4. The number of phenols is 1. The molecular weight excluding hydrogens is 360 g/mol. The maximum absolute atomic E-state index is 12.9. The van der Waals surface area contributed by atoms with E-state index in [0.717, 1.165) is 0 Å². The van der Waals surface area contributed by atoms with Crippen molar-refractivity contribution >= 4 is 27.5 Å². The number of fused-ring (bicyclic) bond motifs is 2. The van der Waals surface area contributed by atoms with Crippen molar-refractivity contribution in [1.82, 2.24) is 0 Å². The minimum absolute atomic E-state index is 0.0169. The first-order valence-electron chi connectivity index (χ1n) is 6.87. The Morgan fingerprint density at radius 2 is 1.52 bits per heavy atom. The number of phenolic OH excluding ortho intramolecular Hbond substituents is 1. The predicted molar refractivity (Wildman–Crippen MR) is 86.8 cm³/mol. The minimum atomic E-state index is -0.368. The third kappa shape index (κ3) is 1.90. The molecule has 1 N–H and O–H groups in total. The Hall–Kier alpha value is -2.66. The molecule has 4 nitrogen and oxygen atoms in total. The fourth-order valence-electron chi connectivity index (χ4n) is 2.90. The molecule has 5 heteroatoms. The van der Waals surface area contributed by atoms with Gasteiger partial charge in [0.1, 0.15) is 11.5 Å². The molecule has 0 atom stereocenters. The molecule has 23 heavy (non-hydrogen) atoms. The average molecular weight is 369 g/mol. The molecule has 0 bridgehead atoms. The Balaban J connectivity index is 2.12. The number of benzene rings is 2. The zero-order valence-electron chi connectivity index (χ0n) is 11.7. The zero-order chi connectivity index (χ0) is 16.1. The molecule has 0 radical (unpaired) electrons. The summed E-state index contributed by atoms with van der Waals surface area (Å²) in [5.74, 6) is -0.449. The van der Waals surface area contributed by atoms with E-state index in [9.17, 15) is 14.7 Å². The molecule has 1 heterocycles. The van der Waals surface area contributed by atoms with Crippen molar-refractivity contribution in [2.45, 2.75) is 0 Å². The second kappa shape index (κ2) is 4.93. The van der Waals surface area contributed by atoms with Crippen LogP contribution in [-0.4, -0.2) is 16.7 Å². The third-order valence-electron chi connectivity index (χ3n) is 3.90. The number of hydrogen-bond acceptors (Lipinski definition) is 4. The Morgan fingerprint density at radius 1 is 0.870 bits per heavy atom. The van der Waals surface area contributed by atoms with Gasteiger partial charge in [0, 0.05) is 26.7 Å². The van der Waals surface area contributed by atoms with Gasteiger partial charge in [-0.05, 0) is 34.1 Å². The maximum Gasteiger partial charge on any atom is 0.198 e. The summed E-state index contributed by atoms with van der Waals surface area (Å²) < 4.78 is 5.89. The van der Waals surface area contributed by atoms with Gasteiger partial charge in [-0.25, -0.2) is 0 Å². The molecule has 0 aliphatic heterocycles. The van der Waals surface area contributed by atoms with Gasteiger partial charge in [0.2, 0.25) is 0 Å². The van der Waals surface area contributed by atoms with E-state index in [1.54, 1.807) is 36.4 Å². The lowest BCUT2D eigenvalue weighted by molar-refractivity contribution is 0.0977. The van der Waals surface area contributed by atoms with E-state index in [4.69, 9.17) is 4.42 Å². The van der Waals surface area contributed by atoms with Crippen molar-refractivity contribution in [2.75, 3.05) is 0 Å².